The Labute approximate surface area is 157 Å². The van der Waals surface area contributed by atoms with Gasteiger partial charge < -0.3 is 5.73 Å². The zero-order valence-electron chi connectivity index (χ0n) is 15.9. The number of hydrogen-bond donors (Lipinski definition) is 1. The van der Waals surface area contributed by atoms with Crippen molar-refractivity contribution in [1.82, 2.24) is 4.90 Å². The van der Waals surface area contributed by atoms with Crippen LogP contribution in [0.1, 0.15) is 37.5 Å². The number of guanidine groups is 1. The molecule has 1 heterocycles. The van der Waals surface area contributed by atoms with Gasteiger partial charge >= 0.3 is 0 Å². The minimum Gasteiger partial charge on any atom is -0.369 e. The molecule has 0 aliphatic carbocycles. The van der Waals surface area contributed by atoms with Crippen molar-refractivity contribution >= 4 is 11.9 Å². The van der Waals surface area contributed by atoms with Crippen molar-refractivity contribution < 1.29 is 13.6 Å². The Bertz CT molecular complexity index is 922. The summed E-state index contributed by atoms with van der Waals surface area (Å²) >= 11 is 0. The van der Waals surface area contributed by atoms with Gasteiger partial charge in [-0.1, -0.05) is 24.3 Å². The lowest BCUT2D eigenvalue weighted by molar-refractivity contribution is -0.140. The highest BCUT2D eigenvalue weighted by molar-refractivity contribution is 6.01. The van der Waals surface area contributed by atoms with Gasteiger partial charge in [0.15, 0.2) is 5.96 Å². The second-order valence-electron chi connectivity index (χ2n) is 7.65. The smallest absolute Gasteiger partial charge is 0.237 e. The third kappa shape index (κ3) is 3.09. The van der Waals surface area contributed by atoms with Gasteiger partial charge in [-0.25, -0.2) is 13.8 Å². The van der Waals surface area contributed by atoms with Gasteiger partial charge in [-0.2, -0.15) is 0 Å². The van der Waals surface area contributed by atoms with E-state index < -0.39 is 16.8 Å². The lowest BCUT2D eigenvalue weighted by atomic mass is 9.67. The molecule has 2 aromatic rings. The van der Waals surface area contributed by atoms with Crippen LogP contribution >= 0.6 is 0 Å². The molecule has 0 radical (unpaired) electrons. The Morgan fingerprint density at radius 1 is 1.04 bits per heavy atom. The number of halogens is 2. The van der Waals surface area contributed by atoms with Crippen LogP contribution in [0.15, 0.2) is 47.5 Å². The number of carbonyl (C=O) groups is 1. The second-order valence-corrected chi connectivity index (χ2v) is 7.65. The molecule has 1 aliphatic heterocycles. The minimum atomic E-state index is -1.15. The maximum Gasteiger partial charge on any atom is 0.237 e. The fraction of sp³-hybridized carbons (Fsp3) is 0.333. The van der Waals surface area contributed by atoms with E-state index in [1.807, 2.05) is 0 Å². The van der Waals surface area contributed by atoms with Crippen molar-refractivity contribution in [1.29, 1.82) is 0 Å². The molecule has 2 N–H and O–H groups in total. The van der Waals surface area contributed by atoms with E-state index in [9.17, 15) is 13.6 Å². The minimum absolute atomic E-state index is 0.0603. The fourth-order valence-electron chi connectivity index (χ4n) is 3.47. The van der Waals surface area contributed by atoms with Crippen LogP contribution in [-0.2, 0) is 16.8 Å². The SMILES string of the molecule is CN1C(=O)C(C)(C)[C@@](C)(c2cc(Cc3ccc(F)cc3)ccc2F)N=C1N. The van der Waals surface area contributed by atoms with Gasteiger partial charge in [0, 0.05) is 12.6 Å². The van der Waals surface area contributed by atoms with Crippen molar-refractivity contribution in [3.05, 3.63) is 70.8 Å². The first-order chi connectivity index (χ1) is 12.6. The summed E-state index contributed by atoms with van der Waals surface area (Å²) in [6.07, 6.45) is 0.511. The van der Waals surface area contributed by atoms with Crippen LogP contribution in [0, 0.1) is 17.0 Å². The average molecular weight is 371 g/mol. The first-order valence-corrected chi connectivity index (χ1v) is 8.73. The molecule has 0 unspecified atom stereocenters. The van der Waals surface area contributed by atoms with Crippen LogP contribution in [0.25, 0.3) is 0 Å². The molecule has 1 atom stereocenters. The zero-order valence-corrected chi connectivity index (χ0v) is 15.9. The molecule has 2 aromatic carbocycles. The molecule has 27 heavy (non-hydrogen) atoms. The summed E-state index contributed by atoms with van der Waals surface area (Å²) in [5.41, 5.74) is 5.85. The van der Waals surface area contributed by atoms with E-state index in [2.05, 4.69) is 4.99 Å². The van der Waals surface area contributed by atoms with Crippen LogP contribution in [0.5, 0.6) is 0 Å². The van der Waals surface area contributed by atoms with Crippen LogP contribution in [-0.4, -0.2) is 23.8 Å². The Hall–Kier alpha value is -2.76. The van der Waals surface area contributed by atoms with Crippen molar-refractivity contribution in [2.45, 2.75) is 32.7 Å². The number of benzene rings is 2. The summed E-state index contributed by atoms with van der Waals surface area (Å²) in [6, 6.07) is 11.0. The molecule has 0 spiro atoms. The highest BCUT2D eigenvalue weighted by atomic mass is 19.1. The van der Waals surface area contributed by atoms with E-state index in [0.29, 0.717) is 12.0 Å². The number of rotatable bonds is 3. The first kappa shape index (κ1) is 19.0. The lowest BCUT2D eigenvalue weighted by Gasteiger charge is -2.46. The molecule has 1 aliphatic rings. The maximum absolute atomic E-state index is 14.8. The number of hydrogen-bond acceptors (Lipinski definition) is 3. The Morgan fingerprint density at radius 3 is 2.26 bits per heavy atom. The summed E-state index contributed by atoms with van der Waals surface area (Å²) in [4.78, 5) is 18.6. The molecule has 0 bridgehead atoms. The van der Waals surface area contributed by atoms with E-state index >= 15 is 0 Å². The zero-order chi connectivity index (χ0) is 20.0. The molecule has 6 heteroatoms. The van der Waals surface area contributed by atoms with Crippen LogP contribution in [0.4, 0.5) is 8.78 Å². The molecule has 0 saturated heterocycles. The lowest BCUT2D eigenvalue weighted by Crippen LogP contribution is -2.58. The summed E-state index contributed by atoms with van der Waals surface area (Å²) in [5.74, 6) is -0.907. The second kappa shape index (κ2) is 6.44. The van der Waals surface area contributed by atoms with E-state index in [1.54, 1.807) is 52.1 Å². The van der Waals surface area contributed by atoms with Crippen molar-refractivity contribution in [3.63, 3.8) is 0 Å². The van der Waals surface area contributed by atoms with Crippen LogP contribution < -0.4 is 5.73 Å². The van der Waals surface area contributed by atoms with Gasteiger partial charge in [0.2, 0.25) is 5.91 Å². The molecule has 0 saturated carbocycles. The fourth-order valence-corrected chi connectivity index (χ4v) is 3.47. The number of carbonyl (C=O) groups excluding carboxylic acids is 1. The highest BCUT2D eigenvalue weighted by Gasteiger charge is 2.53. The van der Waals surface area contributed by atoms with Crippen LogP contribution in [0.3, 0.4) is 0 Å². The maximum atomic E-state index is 14.8. The van der Waals surface area contributed by atoms with Crippen molar-refractivity contribution in [2.24, 2.45) is 16.1 Å². The van der Waals surface area contributed by atoms with Gasteiger partial charge in [-0.3, -0.25) is 9.69 Å². The van der Waals surface area contributed by atoms with Crippen LogP contribution in [0.2, 0.25) is 0 Å². The number of nitrogens with two attached hydrogens (primary N) is 1. The van der Waals surface area contributed by atoms with Gasteiger partial charge in [0.05, 0.1) is 5.41 Å². The standard InChI is InChI=1S/C21H23F2N3O/c1-20(2)18(27)26(4)19(24)25-21(20,3)16-12-14(7-10-17(16)23)11-13-5-8-15(22)9-6-13/h5-10,12H,11H2,1-4H3,(H2,24,25)/t21-/m1/s1. The summed E-state index contributed by atoms with van der Waals surface area (Å²) in [5, 5.41) is 0. The van der Waals surface area contributed by atoms with Gasteiger partial charge in [0.1, 0.15) is 17.2 Å². The molecule has 0 fully saturated rings. The predicted octanol–water partition coefficient (Wildman–Crippen LogP) is 3.58. The Balaban J connectivity index is 2.08. The number of amides is 1. The molecular weight excluding hydrogens is 348 g/mol. The Kier molecular flexibility index (Phi) is 4.54. The monoisotopic (exact) mass is 371 g/mol. The molecule has 1 amide bonds. The van der Waals surface area contributed by atoms with Gasteiger partial charge in [-0.15, -0.1) is 0 Å². The van der Waals surface area contributed by atoms with E-state index in [1.165, 1.54) is 23.1 Å². The Morgan fingerprint density at radius 2 is 1.63 bits per heavy atom. The molecular formula is C21H23F2N3O. The largest absolute Gasteiger partial charge is 0.369 e. The van der Waals surface area contributed by atoms with E-state index in [-0.39, 0.29) is 17.7 Å². The summed E-state index contributed by atoms with van der Waals surface area (Å²) < 4.78 is 27.9. The quantitative estimate of drug-likeness (QED) is 0.896. The third-order valence-corrected chi connectivity index (χ3v) is 5.61. The normalized spacial score (nSPS) is 21.9. The number of nitrogens with zero attached hydrogens (tertiary/aromatic N) is 2. The molecule has 3 rings (SSSR count). The van der Waals surface area contributed by atoms with Gasteiger partial charge in [0.25, 0.3) is 0 Å². The molecule has 0 aromatic heterocycles. The third-order valence-electron chi connectivity index (χ3n) is 5.61. The summed E-state index contributed by atoms with van der Waals surface area (Å²) in [6.45, 7) is 5.21. The highest BCUT2D eigenvalue weighted by Crippen LogP contribution is 2.47. The van der Waals surface area contributed by atoms with E-state index in [0.717, 1.165) is 11.1 Å². The summed E-state index contributed by atoms with van der Waals surface area (Å²) in [7, 11) is 1.56. The van der Waals surface area contributed by atoms with Gasteiger partial charge in [-0.05, 0) is 56.5 Å². The van der Waals surface area contributed by atoms with Crippen molar-refractivity contribution in [3.8, 4) is 0 Å². The molecule has 4 nitrogen and oxygen atoms in total. The first-order valence-electron chi connectivity index (χ1n) is 8.73. The average Bonchev–Trinajstić information content (AvgIpc) is 2.62. The van der Waals surface area contributed by atoms with Crippen molar-refractivity contribution in [2.75, 3.05) is 7.05 Å². The topological polar surface area (TPSA) is 58.7 Å². The predicted molar refractivity (Wildman–Crippen MR) is 101 cm³/mol. The van der Waals surface area contributed by atoms with E-state index in [4.69, 9.17) is 5.73 Å². The number of aliphatic imine (C=N–C) groups is 1. The molecule has 142 valence electrons.